The lowest BCUT2D eigenvalue weighted by molar-refractivity contribution is -0.385. The lowest BCUT2D eigenvalue weighted by Gasteiger charge is -2.23. The minimum Gasteiger partial charge on any atom is -0.317 e. The average Bonchev–Trinajstić information content (AvgIpc) is 2.72. The zero-order valence-electron chi connectivity index (χ0n) is 11.6. The van der Waals surface area contributed by atoms with Crippen LogP contribution in [0.5, 0.6) is 0 Å². The number of rotatable bonds is 2. The second kappa shape index (κ2) is 4.96. The fraction of sp³-hybridized carbons (Fsp3) is 0.286. The maximum absolute atomic E-state index is 11.4. The Morgan fingerprint density at radius 1 is 1.38 bits per heavy atom. The van der Waals surface area contributed by atoms with Crippen molar-refractivity contribution >= 4 is 28.8 Å². The molecule has 1 aliphatic heterocycles. The summed E-state index contributed by atoms with van der Waals surface area (Å²) in [7, 11) is 0. The zero-order valence-corrected chi connectivity index (χ0v) is 12.3. The Morgan fingerprint density at radius 3 is 2.81 bits per heavy atom. The lowest BCUT2D eigenvalue weighted by Crippen LogP contribution is -2.26. The summed E-state index contributed by atoms with van der Waals surface area (Å²) in [6.07, 6.45) is 0.813. The van der Waals surface area contributed by atoms with Crippen LogP contribution in [0.2, 0.25) is 5.28 Å². The normalized spacial score (nSPS) is 16.9. The van der Waals surface area contributed by atoms with Crippen LogP contribution in [0.3, 0.4) is 0 Å². The first-order valence-corrected chi connectivity index (χ1v) is 6.92. The molecule has 21 heavy (non-hydrogen) atoms. The molecular weight excluding hydrogens is 292 g/mol. The van der Waals surface area contributed by atoms with Gasteiger partial charge in [0.2, 0.25) is 11.1 Å². The number of halogens is 1. The van der Waals surface area contributed by atoms with Gasteiger partial charge in [-0.05, 0) is 43.5 Å². The van der Waals surface area contributed by atoms with Gasteiger partial charge in [0.15, 0.2) is 0 Å². The minimum absolute atomic E-state index is 0.0182. The molecule has 0 amide bonds. The predicted octanol–water partition coefficient (Wildman–Crippen LogP) is 3.43. The lowest BCUT2D eigenvalue weighted by atomic mass is 10.1. The quantitative estimate of drug-likeness (QED) is 0.483. The Balaban J connectivity index is 2.23. The van der Waals surface area contributed by atoms with E-state index in [1.54, 1.807) is 6.92 Å². The number of aromatic nitrogens is 2. The van der Waals surface area contributed by atoms with Gasteiger partial charge in [-0.1, -0.05) is 18.2 Å². The number of para-hydroxylation sites is 1. The summed E-state index contributed by atoms with van der Waals surface area (Å²) in [5.41, 5.74) is 2.25. The van der Waals surface area contributed by atoms with Gasteiger partial charge in [-0.15, -0.1) is 0 Å². The van der Waals surface area contributed by atoms with Gasteiger partial charge in [-0.3, -0.25) is 10.1 Å². The molecule has 2 aromatic rings. The Labute approximate surface area is 126 Å². The maximum atomic E-state index is 11.4. The third-order valence-electron chi connectivity index (χ3n) is 3.63. The van der Waals surface area contributed by atoms with Gasteiger partial charge in [0, 0.05) is 11.7 Å². The van der Waals surface area contributed by atoms with E-state index in [1.807, 2.05) is 36.1 Å². The van der Waals surface area contributed by atoms with Crippen molar-refractivity contribution in [2.75, 3.05) is 4.90 Å². The van der Waals surface area contributed by atoms with Crippen molar-refractivity contribution in [3.8, 4) is 0 Å². The number of hydrogen-bond donors (Lipinski definition) is 0. The molecule has 108 valence electrons. The van der Waals surface area contributed by atoms with Crippen LogP contribution in [0.4, 0.5) is 17.2 Å². The van der Waals surface area contributed by atoms with E-state index >= 15 is 0 Å². The standard InChI is InChI=1S/C14H13ClN4O2/c1-8-7-10-5-3-4-6-11(10)18(8)13-12(19(20)21)9(2)16-14(15)17-13/h3-6,8H,7H2,1-2H3. The van der Waals surface area contributed by atoms with E-state index < -0.39 is 4.92 Å². The second-order valence-corrected chi connectivity index (χ2v) is 5.40. The van der Waals surface area contributed by atoms with Crippen LogP contribution in [-0.4, -0.2) is 20.9 Å². The van der Waals surface area contributed by atoms with Gasteiger partial charge in [-0.25, -0.2) is 4.98 Å². The van der Waals surface area contributed by atoms with Crippen LogP contribution in [0.25, 0.3) is 0 Å². The minimum atomic E-state index is -0.450. The summed E-state index contributed by atoms with van der Waals surface area (Å²) < 4.78 is 0. The molecule has 1 aromatic heterocycles. The molecule has 0 spiro atoms. The number of hydrogen-bond acceptors (Lipinski definition) is 5. The molecule has 1 aliphatic rings. The van der Waals surface area contributed by atoms with Crippen molar-refractivity contribution in [1.82, 2.24) is 9.97 Å². The molecule has 7 heteroatoms. The molecule has 0 aliphatic carbocycles. The number of nitrogens with zero attached hydrogens (tertiary/aromatic N) is 4. The highest BCUT2D eigenvalue weighted by Crippen LogP contribution is 2.42. The molecule has 1 atom stereocenters. The van der Waals surface area contributed by atoms with Crippen molar-refractivity contribution < 1.29 is 4.92 Å². The van der Waals surface area contributed by atoms with Crippen LogP contribution in [-0.2, 0) is 6.42 Å². The van der Waals surface area contributed by atoms with Crippen LogP contribution in [0, 0.1) is 17.0 Å². The highest BCUT2D eigenvalue weighted by molar-refractivity contribution is 6.28. The van der Waals surface area contributed by atoms with E-state index in [9.17, 15) is 10.1 Å². The molecule has 0 bridgehead atoms. The molecule has 6 nitrogen and oxygen atoms in total. The fourth-order valence-corrected chi connectivity index (χ4v) is 3.00. The first kappa shape index (κ1) is 13.8. The van der Waals surface area contributed by atoms with Crippen molar-refractivity contribution in [3.63, 3.8) is 0 Å². The molecule has 2 heterocycles. The Morgan fingerprint density at radius 2 is 2.10 bits per heavy atom. The number of benzene rings is 1. The molecule has 0 radical (unpaired) electrons. The SMILES string of the molecule is Cc1nc(Cl)nc(N2c3ccccc3CC2C)c1[N+](=O)[O-]. The molecule has 0 N–H and O–H groups in total. The summed E-state index contributed by atoms with van der Waals surface area (Å²) in [4.78, 5) is 20.8. The van der Waals surface area contributed by atoms with Crippen molar-refractivity contribution in [1.29, 1.82) is 0 Å². The second-order valence-electron chi connectivity index (χ2n) is 5.06. The van der Waals surface area contributed by atoms with E-state index in [1.165, 1.54) is 0 Å². The fourth-order valence-electron chi connectivity index (χ4n) is 2.79. The van der Waals surface area contributed by atoms with E-state index in [2.05, 4.69) is 9.97 Å². The van der Waals surface area contributed by atoms with Gasteiger partial charge in [0.25, 0.3) is 0 Å². The summed E-state index contributed by atoms with van der Waals surface area (Å²) in [5, 5.41) is 11.4. The Hall–Kier alpha value is -2.21. The van der Waals surface area contributed by atoms with E-state index in [4.69, 9.17) is 11.6 Å². The molecular formula is C14H13ClN4O2. The number of anilines is 2. The Bertz CT molecular complexity index is 735. The van der Waals surface area contributed by atoms with E-state index in [0.29, 0.717) is 0 Å². The van der Waals surface area contributed by atoms with Gasteiger partial charge in [0.05, 0.1) is 4.92 Å². The Kier molecular flexibility index (Phi) is 3.25. The molecule has 3 rings (SSSR count). The van der Waals surface area contributed by atoms with Gasteiger partial charge >= 0.3 is 5.69 Å². The summed E-state index contributed by atoms with van der Waals surface area (Å²) in [6, 6.07) is 7.90. The van der Waals surface area contributed by atoms with Crippen LogP contribution in [0.1, 0.15) is 18.2 Å². The van der Waals surface area contributed by atoms with Gasteiger partial charge in [0.1, 0.15) is 5.69 Å². The number of nitro groups is 1. The number of aryl methyl sites for hydroxylation is 1. The first-order chi connectivity index (χ1) is 9.99. The van der Waals surface area contributed by atoms with Crippen LogP contribution >= 0.6 is 11.6 Å². The highest BCUT2D eigenvalue weighted by Gasteiger charge is 2.34. The number of fused-ring (bicyclic) bond motifs is 1. The molecule has 0 fully saturated rings. The topological polar surface area (TPSA) is 72.2 Å². The van der Waals surface area contributed by atoms with Crippen molar-refractivity contribution in [2.24, 2.45) is 0 Å². The average molecular weight is 305 g/mol. The largest absolute Gasteiger partial charge is 0.333 e. The molecule has 1 aromatic carbocycles. The third-order valence-corrected chi connectivity index (χ3v) is 3.80. The first-order valence-electron chi connectivity index (χ1n) is 6.54. The summed E-state index contributed by atoms with van der Waals surface area (Å²) >= 11 is 5.91. The van der Waals surface area contributed by atoms with E-state index in [-0.39, 0.29) is 28.5 Å². The predicted molar refractivity (Wildman–Crippen MR) is 80.2 cm³/mol. The monoisotopic (exact) mass is 304 g/mol. The van der Waals surface area contributed by atoms with Crippen molar-refractivity contribution in [2.45, 2.75) is 26.3 Å². The summed E-state index contributed by atoms with van der Waals surface area (Å²) in [5.74, 6) is 0.259. The highest BCUT2D eigenvalue weighted by atomic mass is 35.5. The van der Waals surface area contributed by atoms with Crippen LogP contribution in [0.15, 0.2) is 24.3 Å². The molecule has 0 saturated carbocycles. The molecule has 1 unspecified atom stereocenters. The maximum Gasteiger partial charge on any atom is 0.333 e. The molecule has 0 saturated heterocycles. The summed E-state index contributed by atoms with van der Waals surface area (Å²) in [6.45, 7) is 3.58. The van der Waals surface area contributed by atoms with Gasteiger partial charge in [-0.2, -0.15) is 4.98 Å². The van der Waals surface area contributed by atoms with E-state index in [0.717, 1.165) is 17.7 Å². The van der Waals surface area contributed by atoms with Gasteiger partial charge < -0.3 is 4.90 Å². The zero-order chi connectivity index (χ0) is 15.1. The van der Waals surface area contributed by atoms with Crippen molar-refractivity contribution in [3.05, 3.63) is 50.9 Å². The van der Waals surface area contributed by atoms with Crippen LogP contribution < -0.4 is 4.90 Å². The smallest absolute Gasteiger partial charge is 0.317 e. The third kappa shape index (κ3) is 2.21.